The molecule has 100 valence electrons. The topological polar surface area (TPSA) is 29.3 Å². The zero-order chi connectivity index (χ0) is 14.3. The van der Waals surface area contributed by atoms with Crippen molar-refractivity contribution in [2.45, 2.75) is 20.3 Å². The average molecular weight is 254 g/mol. The number of anilines is 2. The van der Waals surface area contributed by atoms with Gasteiger partial charge in [0.15, 0.2) is 0 Å². The Hall–Kier alpha value is -2.22. The zero-order valence-corrected chi connectivity index (χ0v) is 11.8. The summed E-state index contributed by atoms with van der Waals surface area (Å²) in [6.45, 7) is 12.2. The maximum atomic E-state index is 5.85. The highest BCUT2D eigenvalue weighted by Gasteiger charge is 2.10. The second-order valence-corrected chi connectivity index (χ2v) is 4.22. The van der Waals surface area contributed by atoms with Crippen molar-refractivity contribution in [3.8, 4) is 0 Å². The van der Waals surface area contributed by atoms with Gasteiger partial charge >= 0.3 is 0 Å². The Bertz CT molecular complexity index is 510. The van der Waals surface area contributed by atoms with Crippen molar-refractivity contribution in [3.63, 3.8) is 0 Å². The molecular weight excluding hydrogens is 232 g/mol. The molecule has 0 atom stereocenters. The van der Waals surface area contributed by atoms with Crippen LogP contribution >= 0.6 is 0 Å². The van der Waals surface area contributed by atoms with Gasteiger partial charge in [-0.05, 0) is 43.7 Å². The van der Waals surface area contributed by atoms with Gasteiger partial charge in [-0.1, -0.05) is 38.3 Å². The van der Waals surface area contributed by atoms with Crippen LogP contribution in [0.2, 0.25) is 0 Å². The largest absolute Gasteiger partial charge is 0.399 e. The Kier molecular flexibility index (Phi) is 5.68. The minimum atomic E-state index is 0.725. The van der Waals surface area contributed by atoms with E-state index in [0.29, 0.717) is 0 Å². The number of hydrogen-bond acceptors (Lipinski definition) is 2. The fourth-order valence-electron chi connectivity index (χ4n) is 1.78. The Morgan fingerprint density at radius 3 is 2.53 bits per heavy atom. The molecule has 0 spiro atoms. The Morgan fingerprint density at radius 1 is 1.26 bits per heavy atom. The molecule has 0 aromatic heterocycles. The van der Waals surface area contributed by atoms with Crippen molar-refractivity contribution in [2.24, 2.45) is 0 Å². The third-order valence-corrected chi connectivity index (χ3v) is 2.61. The Balaban J connectivity index is 3.15. The van der Waals surface area contributed by atoms with Gasteiger partial charge in [0.1, 0.15) is 0 Å². The molecule has 19 heavy (non-hydrogen) atoms. The molecule has 0 saturated carbocycles. The average Bonchev–Trinajstić information content (AvgIpc) is 2.37. The first-order chi connectivity index (χ1) is 9.10. The van der Waals surface area contributed by atoms with Crippen LogP contribution in [0.3, 0.4) is 0 Å². The van der Waals surface area contributed by atoms with E-state index in [0.717, 1.165) is 29.2 Å². The van der Waals surface area contributed by atoms with E-state index in [-0.39, 0.29) is 0 Å². The van der Waals surface area contributed by atoms with E-state index in [9.17, 15) is 0 Å². The molecule has 2 N–H and O–H groups in total. The third-order valence-electron chi connectivity index (χ3n) is 2.61. The molecule has 0 fully saturated rings. The van der Waals surface area contributed by atoms with Crippen molar-refractivity contribution in [1.29, 1.82) is 0 Å². The van der Waals surface area contributed by atoms with Crippen LogP contribution in [0.5, 0.6) is 0 Å². The van der Waals surface area contributed by atoms with Crippen molar-refractivity contribution in [2.75, 3.05) is 10.6 Å². The van der Waals surface area contributed by atoms with E-state index in [1.807, 2.05) is 54.3 Å². The first-order valence-corrected chi connectivity index (χ1v) is 6.42. The predicted molar refractivity (Wildman–Crippen MR) is 85.9 cm³/mol. The summed E-state index contributed by atoms with van der Waals surface area (Å²) in [4.78, 5) is 1.99. The van der Waals surface area contributed by atoms with Crippen LogP contribution in [0.25, 0.3) is 0 Å². The normalized spacial score (nSPS) is 11.1. The van der Waals surface area contributed by atoms with Crippen molar-refractivity contribution < 1.29 is 0 Å². The summed E-state index contributed by atoms with van der Waals surface area (Å²) in [7, 11) is 0. The number of hydrogen-bond donors (Lipinski definition) is 1. The summed E-state index contributed by atoms with van der Waals surface area (Å²) >= 11 is 0. The molecule has 2 nitrogen and oxygen atoms in total. The van der Waals surface area contributed by atoms with Crippen molar-refractivity contribution in [3.05, 3.63) is 73.1 Å². The summed E-state index contributed by atoms with van der Waals surface area (Å²) < 4.78 is 0. The first-order valence-electron chi connectivity index (χ1n) is 6.42. The van der Waals surface area contributed by atoms with Gasteiger partial charge in [-0.2, -0.15) is 0 Å². The molecule has 1 aromatic carbocycles. The molecule has 0 saturated heterocycles. The Labute approximate surface area is 116 Å². The SMILES string of the molecule is C=C(/C=C\C)N(C(=C)/C=C\CC)c1cccc(N)c1. The second-order valence-electron chi connectivity index (χ2n) is 4.22. The third kappa shape index (κ3) is 4.18. The summed E-state index contributed by atoms with van der Waals surface area (Å²) in [6, 6.07) is 7.71. The molecule has 1 rings (SSSR count). The van der Waals surface area contributed by atoms with Crippen LogP contribution < -0.4 is 10.6 Å². The van der Waals surface area contributed by atoms with Crippen LogP contribution in [-0.2, 0) is 0 Å². The van der Waals surface area contributed by atoms with Gasteiger partial charge in [-0.25, -0.2) is 0 Å². The van der Waals surface area contributed by atoms with Crippen LogP contribution in [0.15, 0.2) is 73.1 Å². The van der Waals surface area contributed by atoms with Gasteiger partial charge < -0.3 is 10.6 Å². The molecule has 2 heteroatoms. The number of nitrogens with zero attached hydrogens (tertiary/aromatic N) is 1. The number of allylic oxidation sites excluding steroid dienone is 4. The molecule has 0 unspecified atom stereocenters. The van der Waals surface area contributed by atoms with E-state index in [2.05, 4.69) is 26.2 Å². The molecule has 0 heterocycles. The van der Waals surface area contributed by atoms with Gasteiger partial charge in [0.2, 0.25) is 0 Å². The summed E-state index contributed by atoms with van der Waals surface area (Å²) in [5.41, 5.74) is 9.27. The second kappa shape index (κ2) is 7.27. The van der Waals surface area contributed by atoms with Crippen LogP contribution in [0, 0.1) is 0 Å². The maximum Gasteiger partial charge on any atom is 0.0481 e. The fraction of sp³-hybridized carbons (Fsp3) is 0.176. The molecule has 0 aliphatic carbocycles. The standard InChI is InChI=1S/C17H22N2/c1-5-7-10-15(4)19(14(3)9-6-2)17-12-8-11-16(18)13-17/h6-13H,3-5,18H2,1-2H3/b9-6-,10-7-. The highest BCUT2D eigenvalue weighted by atomic mass is 15.1. The molecular formula is C17H22N2. The van der Waals surface area contributed by atoms with Crippen LogP contribution in [-0.4, -0.2) is 0 Å². The van der Waals surface area contributed by atoms with Gasteiger partial charge in [0, 0.05) is 22.8 Å². The van der Waals surface area contributed by atoms with Crippen molar-refractivity contribution >= 4 is 11.4 Å². The fourth-order valence-corrected chi connectivity index (χ4v) is 1.78. The van der Waals surface area contributed by atoms with Gasteiger partial charge in [-0.15, -0.1) is 0 Å². The first kappa shape index (κ1) is 14.8. The lowest BCUT2D eigenvalue weighted by molar-refractivity contribution is 1.14. The van der Waals surface area contributed by atoms with Crippen molar-refractivity contribution in [1.82, 2.24) is 0 Å². The number of nitrogens with two attached hydrogens (primary N) is 1. The number of nitrogen functional groups attached to an aromatic ring is 1. The molecule has 0 amide bonds. The Morgan fingerprint density at radius 2 is 1.95 bits per heavy atom. The van der Waals surface area contributed by atoms with E-state index >= 15 is 0 Å². The lowest BCUT2D eigenvalue weighted by atomic mass is 10.2. The highest BCUT2D eigenvalue weighted by molar-refractivity contribution is 5.65. The lowest BCUT2D eigenvalue weighted by Gasteiger charge is -2.26. The van der Waals surface area contributed by atoms with E-state index in [4.69, 9.17) is 5.73 Å². The zero-order valence-electron chi connectivity index (χ0n) is 11.8. The molecule has 0 aliphatic rings. The monoisotopic (exact) mass is 254 g/mol. The van der Waals surface area contributed by atoms with E-state index < -0.39 is 0 Å². The minimum Gasteiger partial charge on any atom is -0.399 e. The summed E-state index contributed by atoms with van der Waals surface area (Å²) in [5.74, 6) is 0. The van der Waals surface area contributed by atoms with Gasteiger partial charge in [0.05, 0.1) is 0 Å². The summed E-state index contributed by atoms with van der Waals surface area (Å²) in [5, 5.41) is 0. The van der Waals surface area contributed by atoms with E-state index in [1.54, 1.807) is 0 Å². The quantitative estimate of drug-likeness (QED) is 0.591. The predicted octanol–water partition coefficient (Wildman–Crippen LogP) is 4.64. The lowest BCUT2D eigenvalue weighted by Crippen LogP contribution is -2.18. The smallest absolute Gasteiger partial charge is 0.0481 e. The number of rotatable bonds is 6. The van der Waals surface area contributed by atoms with Crippen LogP contribution in [0.4, 0.5) is 11.4 Å². The molecule has 0 radical (unpaired) electrons. The van der Waals surface area contributed by atoms with Gasteiger partial charge in [-0.3, -0.25) is 0 Å². The highest BCUT2D eigenvalue weighted by Crippen LogP contribution is 2.26. The molecule has 0 bridgehead atoms. The summed E-state index contributed by atoms with van der Waals surface area (Å²) in [6.07, 6.45) is 8.95. The minimum absolute atomic E-state index is 0.725. The maximum absolute atomic E-state index is 5.85. The molecule has 1 aromatic rings. The van der Waals surface area contributed by atoms with Crippen LogP contribution in [0.1, 0.15) is 20.3 Å². The van der Waals surface area contributed by atoms with E-state index in [1.165, 1.54) is 0 Å². The van der Waals surface area contributed by atoms with Gasteiger partial charge in [0.25, 0.3) is 0 Å². The molecule has 0 aliphatic heterocycles. The number of benzene rings is 1.